The molecule has 0 aromatic carbocycles. The summed E-state index contributed by atoms with van der Waals surface area (Å²) in [5, 5.41) is 9.95. The SMILES string of the molecule is CN=C(NCCCOCc1ccco1)NCCc1csc(C(C)C)n1.I. The highest BCUT2D eigenvalue weighted by Gasteiger charge is 2.06. The third kappa shape index (κ3) is 8.50. The molecule has 0 saturated carbocycles. The number of hydrogen-bond acceptors (Lipinski definition) is 5. The Bertz CT molecular complexity index is 629. The second kappa shape index (κ2) is 13.1. The summed E-state index contributed by atoms with van der Waals surface area (Å²) < 4.78 is 10.8. The van der Waals surface area contributed by atoms with E-state index in [4.69, 9.17) is 9.15 Å². The van der Waals surface area contributed by atoms with Gasteiger partial charge in [0.05, 0.1) is 17.0 Å². The molecule has 2 N–H and O–H groups in total. The van der Waals surface area contributed by atoms with Gasteiger partial charge in [-0.3, -0.25) is 4.99 Å². The first kappa shape index (κ1) is 22.9. The lowest BCUT2D eigenvalue weighted by Crippen LogP contribution is -2.39. The molecule has 0 fully saturated rings. The molecule has 0 bridgehead atoms. The molecule has 0 radical (unpaired) electrons. The first-order valence-corrected chi connectivity index (χ1v) is 9.56. The Hall–Kier alpha value is -1.13. The number of ether oxygens (including phenoxy) is 1. The van der Waals surface area contributed by atoms with Crippen molar-refractivity contribution in [2.24, 2.45) is 4.99 Å². The van der Waals surface area contributed by atoms with Crippen LogP contribution in [-0.4, -0.2) is 37.7 Å². The van der Waals surface area contributed by atoms with Crippen LogP contribution in [0.15, 0.2) is 33.2 Å². The van der Waals surface area contributed by atoms with Crippen LogP contribution in [-0.2, 0) is 17.8 Å². The average Bonchev–Trinajstić information content (AvgIpc) is 3.28. The van der Waals surface area contributed by atoms with Gasteiger partial charge in [0.2, 0.25) is 0 Å². The van der Waals surface area contributed by atoms with E-state index in [-0.39, 0.29) is 24.0 Å². The Morgan fingerprint density at radius 3 is 2.81 bits per heavy atom. The maximum absolute atomic E-state index is 5.55. The summed E-state index contributed by atoms with van der Waals surface area (Å²) >= 11 is 1.74. The van der Waals surface area contributed by atoms with Gasteiger partial charge in [-0.2, -0.15) is 0 Å². The van der Waals surface area contributed by atoms with Gasteiger partial charge in [0.1, 0.15) is 12.4 Å². The van der Waals surface area contributed by atoms with Gasteiger partial charge in [-0.25, -0.2) is 4.98 Å². The van der Waals surface area contributed by atoms with E-state index in [0.717, 1.165) is 43.3 Å². The van der Waals surface area contributed by atoms with Crippen molar-refractivity contribution in [2.45, 2.75) is 39.2 Å². The second-order valence-electron chi connectivity index (χ2n) is 5.99. The predicted molar refractivity (Wildman–Crippen MR) is 118 cm³/mol. The van der Waals surface area contributed by atoms with Crippen molar-refractivity contribution in [3.05, 3.63) is 40.2 Å². The fourth-order valence-electron chi connectivity index (χ4n) is 2.18. The van der Waals surface area contributed by atoms with Crippen LogP contribution < -0.4 is 10.6 Å². The molecule has 2 rings (SSSR count). The first-order valence-electron chi connectivity index (χ1n) is 8.68. The van der Waals surface area contributed by atoms with Gasteiger partial charge in [0.25, 0.3) is 0 Å². The third-order valence-corrected chi connectivity index (χ3v) is 4.74. The number of guanidine groups is 1. The molecule has 146 valence electrons. The number of furan rings is 1. The number of hydrogen-bond donors (Lipinski definition) is 2. The molecule has 0 amide bonds. The molecule has 6 nitrogen and oxygen atoms in total. The van der Waals surface area contributed by atoms with Crippen molar-refractivity contribution in [2.75, 3.05) is 26.7 Å². The van der Waals surface area contributed by atoms with Crippen LogP contribution >= 0.6 is 35.3 Å². The maximum atomic E-state index is 5.55. The third-order valence-electron chi connectivity index (χ3n) is 3.54. The van der Waals surface area contributed by atoms with Gasteiger partial charge in [-0.05, 0) is 18.6 Å². The molecular formula is C18H29IN4O2S. The second-order valence-corrected chi connectivity index (χ2v) is 6.88. The highest BCUT2D eigenvalue weighted by atomic mass is 127. The molecule has 0 aliphatic carbocycles. The van der Waals surface area contributed by atoms with Crippen LogP contribution in [0.1, 0.15) is 42.6 Å². The van der Waals surface area contributed by atoms with E-state index < -0.39 is 0 Å². The zero-order chi connectivity index (χ0) is 17.9. The van der Waals surface area contributed by atoms with Gasteiger partial charge in [0, 0.05) is 44.5 Å². The summed E-state index contributed by atoms with van der Waals surface area (Å²) in [4.78, 5) is 8.88. The lowest BCUT2D eigenvalue weighted by atomic mass is 10.2. The minimum Gasteiger partial charge on any atom is -0.467 e. The minimum absolute atomic E-state index is 0. The quantitative estimate of drug-likeness (QED) is 0.229. The number of aromatic nitrogens is 1. The smallest absolute Gasteiger partial charge is 0.190 e. The normalized spacial score (nSPS) is 11.5. The van der Waals surface area contributed by atoms with Gasteiger partial charge < -0.3 is 19.8 Å². The number of aliphatic imine (C=N–C) groups is 1. The van der Waals surface area contributed by atoms with Gasteiger partial charge >= 0.3 is 0 Å². The predicted octanol–water partition coefficient (Wildman–Crippen LogP) is 3.79. The molecule has 0 aliphatic heterocycles. The summed E-state index contributed by atoms with van der Waals surface area (Å²) in [6, 6.07) is 3.78. The number of halogens is 1. The maximum Gasteiger partial charge on any atom is 0.190 e. The van der Waals surface area contributed by atoms with Crippen LogP contribution in [0, 0.1) is 0 Å². The van der Waals surface area contributed by atoms with E-state index in [1.807, 2.05) is 12.1 Å². The van der Waals surface area contributed by atoms with Gasteiger partial charge in [-0.15, -0.1) is 35.3 Å². The molecule has 26 heavy (non-hydrogen) atoms. The number of thiazole rings is 1. The monoisotopic (exact) mass is 492 g/mol. The lowest BCUT2D eigenvalue weighted by Gasteiger charge is -2.11. The van der Waals surface area contributed by atoms with Crippen molar-refractivity contribution in [3.8, 4) is 0 Å². The molecule has 0 saturated heterocycles. The largest absolute Gasteiger partial charge is 0.467 e. The molecule has 2 aromatic heterocycles. The standard InChI is InChI=1S/C18H28N4O2S.HI/c1-14(2)17-22-15(13-25-17)7-9-21-18(19-3)20-8-5-10-23-12-16-6-4-11-24-16;/h4,6,11,13-14H,5,7-10,12H2,1-3H3,(H2,19,20,21);1H. The molecule has 0 atom stereocenters. The summed E-state index contributed by atoms with van der Waals surface area (Å²) in [5.74, 6) is 2.16. The van der Waals surface area contributed by atoms with Crippen LogP contribution in [0.4, 0.5) is 0 Å². The van der Waals surface area contributed by atoms with Crippen LogP contribution in [0.25, 0.3) is 0 Å². The zero-order valence-electron chi connectivity index (χ0n) is 15.7. The number of rotatable bonds is 10. The van der Waals surface area contributed by atoms with Crippen molar-refractivity contribution in [1.29, 1.82) is 0 Å². The molecule has 0 aliphatic rings. The molecule has 2 aromatic rings. The van der Waals surface area contributed by atoms with E-state index in [1.54, 1.807) is 24.6 Å². The van der Waals surface area contributed by atoms with Gasteiger partial charge in [0.15, 0.2) is 5.96 Å². The van der Waals surface area contributed by atoms with Crippen molar-refractivity contribution in [1.82, 2.24) is 15.6 Å². The Kier molecular flexibility index (Phi) is 11.5. The van der Waals surface area contributed by atoms with Crippen LogP contribution in [0.2, 0.25) is 0 Å². The molecular weight excluding hydrogens is 463 g/mol. The fraction of sp³-hybridized carbons (Fsp3) is 0.556. The fourth-order valence-corrected chi connectivity index (χ4v) is 3.05. The van der Waals surface area contributed by atoms with Crippen LogP contribution in [0.3, 0.4) is 0 Å². The molecule has 0 spiro atoms. The zero-order valence-corrected chi connectivity index (χ0v) is 18.8. The van der Waals surface area contributed by atoms with Crippen molar-refractivity contribution in [3.63, 3.8) is 0 Å². The first-order chi connectivity index (χ1) is 12.2. The van der Waals surface area contributed by atoms with E-state index >= 15 is 0 Å². The summed E-state index contributed by atoms with van der Waals surface area (Å²) in [6.07, 6.45) is 3.46. The van der Waals surface area contributed by atoms with Crippen molar-refractivity contribution < 1.29 is 9.15 Å². The Morgan fingerprint density at radius 2 is 2.15 bits per heavy atom. The summed E-state index contributed by atoms with van der Waals surface area (Å²) in [6.45, 7) is 7.17. The minimum atomic E-state index is 0. The van der Waals surface area contributed by atoms with E-state index in [1.165, 1.54) is 5.01 Å². The lowest BCUT2D eigenvalue weighted by molar-refractivity contribution is 0.105. The Morgan fingerprint density at radius 1 is 1.35 bits per heavy atom. The Balaban J connectivity index is 0.00000338. The summed E-state index contributed by atoms with van der Waals surface area (Å²) in [7, 11) is 1.78. The average molecular weight is 492 g/mol. The molecule has 8 heteroatoms. The highest BCUT2D eigenvalue weighted by molar-refractivity contribution is 14.0. The van der Waals surface area contributed by atoms with E-state index in [9.17, 15) is 0 Å². The van der Waals surface area contributed by atoms with E-state index in [2.05, 4.69) is 39.8 Å². The van der Waals surface area contributed by atoms with E-state index in [0.29, 0.717) is 19.1 Å². The molecule has 2 heterocycles. The topological polar surface area (TPSA) is 71.7 Å². The highest BCUT2D eigenvalue weighted by Crippen LogP contribution is 2.19. The molecule has 0 unspecified atom stereocenters. The van der Waals surface area contributed by atoms with Gasteiger partial charge in [-0.1, -0.05) is 13.8 Å². The Labute approximate surface area is 176 Å². The number of nitrogens with zero attached hydrogens (tertiary/aromatic N) is 2. The summed E-state index contributed by atoms with van der Waals surface area (Å²) in [5.41, 5.74) is 1.14. The van der Waals surface area contributed by atoms with Crippen LogP contribution in [0.5, 0.6) is 0 Å². The van der Waals surface area contributed by atoms with Crippen molar-refractivity contribution >= 4 is 41.3 Å². The number of nitrogens with one attached hydrogen (secondary N) is 2.